The highest BCUT2D eigenvalue weighted by Gasteiger charge is 2.34. The Balaban J connectivity index is 0.00000259. The van der Waals surface area contributed by atoms with Gasteiger partial charge in [-0.05, 0) is 43.9 Å². The molecule has 0 spiro atoms. The van der Waals surface area contributed by atoms with Gasteiger partial charge in [-0.3, -0.25) is 10.1 Å². The van der Waals surface area contributed by atoms with Crippen molar-refractivity contribution in [2.24, 2.45) is 0 Å². The molecule has 0 bridgehead atoms. The number of rotatable bonds is 4. The lowest BCUT2D eigenvalue weighted by Gasteiger charge is -2.20. The third-order valence-corrected chi connectivity index (χ3v) is 5.31. The number of hydrogen-bond donors (Lipinski definition) is 2. The molecule has 0 aliphatic heterocycles. The van der Waals surface area contributed by atoms with Gasteiger partial charge in [0.2, 0.25) is 5.95 Å². The van der Waals surface area contributed by atoms with Crippen molar-refractivity contribution in [3.63, 3.8) is 0 Å². The number of benzene rings is 1. The number of anilines is 2. The van der Waals surface area contributed by atoms with Crippen molar-refractivity contribution in [2.75, 3.05) is 5.32 Å². The van der Waals surface area contributed by atoms with Crippen molar-refractivity contribution in [2.45, 2.75) is 39.3 Å². The number of pyridine rings is 1. The van der Waals surface area contributed by atoms with Crippen LogP contribution in [0.25, 0.3) is 22.8 Å². The predicted octanol–water partition coefficient (Wildman–Crippen LogP) is 5.60. The van der Waals surface area contributed by atoms with Gasteiger partial charge in [0.05, 0.1) is 5.56 Å². The summed E-state index contributed by atoms with van der Waals surface area (Å²) in [5.74, 6) is 1.25. The Labute approximate surface area is 188 Å². The fraction of sp³-hybridized carbons (Fsp3) is 0.261. The summed E-state index contributed by atoms with van der Waals surface area (Å²) in [6, 6.07) is 8.98. The first-order chi connectivity index (χ1) is 15.5. The molecular weight excluding hydrogens is 431 g/mol. The van der Waals surface area contributed by atoms with Gasteiger partial charge in [0.25, 0.3) is 0 Å². The van der Waals surface area contributed by atoms with Crippen LogP contribution in [0.15, 0.2) is 48.8 Å². The molecule has 7 nitrogen and oxygen atoms in total. The molecule has 0 fully saturated rings. The van der Waals surface area contributed by atoms with Crippen molar-refractivity contribution in [3.05, 3.63) is 65.6 Å². The van der Waals surface area contributed by atoms with E-state index in [1.54, 1.807) is 24.5 Å². The van der Waals surface area contributed by atoms with E-state index in [1.165, 1.54) is 12.1 Å². The number of aromatic nitrogens is 6. The number of fused-ring (bicyclic) bond motifs is 1. The Morgan fingerprint density at radius 3 is 2.55 bits per heavy atom. The number of hydrogen-bond acceptors (Lipinski definition) is 6. The minimum atomic E-state index is -4.51. The summed E-state index contributed by atoms with van der Waals surface area (Å²) in [5, 5.41) is 10.1. The molecule has 1 aromatic carbocycles. The monoisotopic (exact) mass is 453 g/mol. The van der Waals surface area contributed by atoms with Crippen LogP contribution >= 0.6 is 0 Å². The number of aryl methyl sites for hydroxylation is 1. The third kappa shape index (κ3) is 4.55. The number of H-pyrrole nitrogens is 1. The van der Waals surface area contributed by atoms with Gasteiger partial charge in [-0.2, -0.15) is 18.2 Å². The minimum absolute atomic E-state index is 0. The van der Waals surface area contributed by atoms with Gasteiger partial charge in [0, 0.05) is 34.8 Å². The van der Waals surface area contributed by atoms with E-state index < -0.39 is 11.7 Å². The lowest BCUT2D eigenvalue weighted by molar-refractivity contribution is -0.137. The molecule has 1 aliphatic rings. The molecule has 1 aliphatic carbocycles. The Hall–Kier alpha value is -3.82. The van der Waals surface area contributed by atoms with Crippen LogP contribution in [-0.4, -0.2) is 30.1 Å². The first-order valence-corrected chi connectivity index (χ1v) is 10.2. The van der Waals surface area contributed by atoms with Crippen LogP contribution in [0.3, 0.4) is 0 Å². The number of halogens is 3. The average Bonchev–Trinajstić information content (AvgIpc) is 3.27. The SMILES string of the molecule is C.FC(F)(F)c1ccccc1-c1nc2c(c(Nc3n[nH]c(-c4cccnc4)n3)n1)CCCC2. The van der Waals surface area contributed by atoms with Crippen molar-refractivity contribution < 1.29 is 13.2 Å². The fourth-order valence-electron chi connectivity index (χ4n) is 3.80. The molecule has 10 heteroatoms. The van der Waals surface area contributed by atoms with E-state index in [2.05, 4.69) is 35.5 Å². The summed E-state index contributed by atoms with van der Waals surface area (Å²) < 4.78 is 40.8. The maximum Gasteiger partial charge on any atom is 0.417 e. The number of nitrogens with one attached hydrogen (secondary N) is 2. The molecular formula is C23H22F3N7. The molecule has 2 N–H and O–H groups in total. The van der Waals surface area contributed by atoms with Crippen molar-refractivity contribution in [1.82, 2.24) is 30.1 Å². The molecule has 5 rings (SSSR count). The molecule has 0 saturated heterocycles. The molecule has 0 saturated carbocycles. The van der Waals surface area contributed by atoms with Crippen molar-refractivity contribution in [3.8, 4) is 22.8 Å². The van der Waals surface area contributed by atoms with E-state index in [1.807, 2.05) is 6.07 Å². The molecule has 4 aromatic rings. The molecule has 3 aromatic heterocycles. The van der Waals surface area contributed by atoms with Crippen LogP contribution in [-0.2, 0) is 19.0 Å². The summed E-state index contributed by atoms with van der Waals surface area (Å²) in [4.78, 5) is 17.5. The maximum atomic E-state index is 13.6. The van der Waals surface area contributed by atoms with Crippen LogP contribution in [0, 0.1) is 0 Å². The largest absolute Gasteiger partial charge is 0.417 e. The van der Waals surface area contributed by atoms with Crippen LogP contribution in [0.4, 0.5) is 24.9 Å². The first-order valence-electron chi connectivity index (χ1n) is 10.2. The van der Waals surface area contributed by atoms with Gasteiger partial charge in [-0.1, -0.05) is 25.6 Å². The molecule has 33 heavy (non-hydrogen) atoms. The zero-order valence-corrected chi connectivity index (χ0v) is 16.8. The standard InChI is InChI=1S/C22H18F3N7.CH4/c23-22(24,25)16-9-3-1-7-14(16)19-27-17-10-4-2-8-15(17)20(28-19)30-21-29-18(31-32-21)13-6-5-11-26-12-13;/h1,3,5-7,9,11-12H,2,4,8,10H2,(H2,27,28,29,30,31,32);1H4. The quantitative estimate of drug-likeness (QED) is 0.418. The van der Waals surface area contributed by atoms with Crippen LogP contribution in [0.5, 0.6) is 0 Å². The molecule has 3 heterocycles. The highest BCUT2D eigenvalue weighted by Crippen LogP contribution is 2.37. The van der Waals surface area contributed by atoms with E-state index in [0.717, 1.165) is 42.1 Å². The molecule has 170 valence electrons. The maximum absolute atomic E-state index is 13.6. The van der Waals surface area contributed by atoms with E-state index >= 15 is 0 Å². The van der Waals surface area contributed by atoms with Crippen LogP contribution in [0.1, 0.15) is 37.1 Å². The third-order valence-electron chi connectivity index (χ3n) is 5.31. The lowest BCUT2D eigenvalue weighted by atomic mass is 9.96. The van der Waals surface area contributed by atoms with E-state index in [0.29, 0.717) is 18.1 Å². The second-order valence-corrected chi connectivity index (χ2v) is 7.45. The smallest absolute Gasteiger partial charge is 0.307 e. The topological polar surface area (TPSA) is 92.3 Å². The van der Waals surface area contributed by atoms with Gasteiger partial charge in [0.1, 0.15) is 5.82 Å². The first kappa shape index (κ1) is 22.4. The van der Waals surface area contributed by atoms with Gasteiger partial charge in [-0.15, -0.1) is 5.10 Å². The van der Waals surface area contributed by atoms with E-state index in [4.69, 9.17) is 0 Å². The second-order valence-electron chi connectivity index (χ2n) is 7.45. The predicted molar refractivity (Wildman–Crippen MR) is 119 cm³/mol. The lowest BCUT2D eigenvalue weighted by Crippen LogP contribution is -2.14. The number of nitrogens with zero attached hydrogens (tertiary/aromatic N) is 5. The highest BCUT2D eigenvalue weighted by atomic mass is 19.4. The summed E-state index contributed by atoms with van der Waals surface area (Å²) in [6.45, 7) is 0. The van der Waals surface area contributed by atoms with Gasteiger partial charge in [-0.25, -0.2) is 9.97 Å². The Kier molecular flexibility index (Phi) is 6.08. The van der Waals surface area contributed by atoms with Gasteiger partial charge in [0.15, 0.2) is 11.6 Å². The van der Waals surface area contributed by atoms with Crippen LogP contribution < -0.4 is 5.32 Å². The minimum Gasteiger partial charge on any atom is -0.307 e. The number of alkyl halides is 3. The Morgan fingerprint density at radius 1 is 0.939 bits per heavy atom. The van der Waals surface area contributed by atoms with E-state index in [-0.39, 0.29) is 24.8 Å². The normalized spacial score (nSPS) is 13.2. The summed E-state index contributed by atoms with van der Waals surface area (Å²) in [6.07, 6.45) is 2.11. The summed E-state index contributed by atoms with van der Waals surface area (Å²) in [7, 11) is 0. The molecule has 0 amide bonds. The Morgan fingerprint density at radius 2 is 1.76 bits per heavy atom. The summed E-state index contributed by atoms with van der Waals surface area (Å²) in [5.41, 5.74) is 1.58. The van der Waals surface area contributed by atoms with Crippen LogP contribution in [0.2, 0.25) is 0 Å². The molecule has 0 unspecified atom stereocenters. The van der Waals surface area contributed by atoms with Crippen molar-refractivity contribution >= 4 is 11.8 Å². The zero-order valence-electron chi connectivity index (χ0n) is 16.8. The second kappa shape index (κ2) is 8.97. The highest BCUT2D eigenvalue weighted by molar-refractivity contribution is 5.66. The number of aromatic amines is 1. The van der Waals surface area contributed by atoms with Gasteiger partial charge >= 0.3 is 6.18 Å². The van der Waals surface area contributed by atoms with Gasteiger partial charge < -0.3 is 5.32 Å². The molecule has 0 atom stereocenters. The Bertz CT molecular complexity index is 1250. The van der Waals surface area contributed by atoms with E-state index in [9.17, 15) is 13.2 Å². The van der Waals surface area contributed by atoms with Crippen molar-refractivity contribution in [1.29, 1.82) is 0 Å². The zero-order chi connectivity index (χ0) is 22.1. The summed E-state index contributed by atoms with van der Waals surface area (Å²) >= 11 is 0. The fourth-order valence-corrected chi connectivity index (χ4v) is 3.80. The molecule has 0 radical (unpaired) electrons. The average molecular weight is 453 g/mol.